The second-order valence-corrected chi connectivity index (χ2v) is 5.08. The molecule has 104 valence electrons. The molecular formula is C12H21FN2O3. The number of hydrogen-bond donors (Lipinski definition) is 2. The molecule has 5 nitrogen and oxygen atoms in total. The Labute approximate surface area is 106 Å². The van der Waals surface area contributed by atoms with E-state index in [0.717, 1.165) is 0 Å². The summed E-state index contributed by atoms with van der Waals surface area (Å²) in [5.41, 5.74) is 0. The van der Waals surface area contributed by atoms with Gasteiger partial charge in [-0.15, -0.1) is 0 Å². The van der Waals surface area contributed by atoms with Crippen molar-refractivity contribution in [2.75, 3.05) is 19.6 Å². The summed E-state index contributed by atoms with van der Waals surface area (Å²) in [4.78, 5) is 24.3. The smallest absolute Gasteiger partial charge is 0.317 e. The van der Waals surface area contributed by atoms with Crippen molar-refractivity contribution in [3.8, 4) is 0 Å². The number of alkyl halides is 1. The molecule has 0 aromatic rings. The van der Waals surface area contributed by atoms with Gasteiger partial charge in [0.05, 0.1) is 12.1 Å². The maximum atomic E-state index is 12.6. The first-order valence-corrected chi connectivity index (χ1v) is 6.29. The molecule has 1 aliphatic rings. The highest BCUT2D eigenvalue weighted by molar-refractivity contribution is 5.76. The number of halogens is 1. The van der Waals surface area contributed by atoms with E-state index in [0.29, 0.717) is 13.0 Å². The third-order valence-corrected chi connectivity index (χ3v) is 3.11. The number of rotatable bonds is 4. The first-order chi connectivity index (χ1) is 8.40. The van der Waals surface area contributed by atoms with Crippen LogP contribution < -0.4 is 5.32 Å². The first-order valence-electron chi connectivity index (χ1n) is 6.29. The zero-order valence-electron chi connectivity index (χ0n) is 10.9. The van der Waals surface area contributed by atoms with Gasteiger partial charge in [-0.2, -0.15) is 0 Å². The van der Waals surface area contributed by atoms with Crippen molar-refractivity contribution in [2.45, 2.75) is 32.9 Å². The van der Waals surface area contributed by atoms with Crippen LogP contribution in [-0.2, 0) is 4.79 Å². The third-order valence-electron chi connectivity index (χ3n) is 3.11. The van der Waals surface area contributed by atoms with Gasteiger partial charge in [0.1, 0.15) is 0 Å². The molecule has 1 saturated heterocycles. The van der Waals surface area contributed by atoms with Gasteiger partial charge < -0.3 is 15.3 Å². The molecule has 0 spiro atoms. The molecule has 0 bridgehead atoms. The molecule has 1 fully saturated rings. The van der Waals surface area contributed by atoms with Crippen LogP contribution in [0.15, 0.2) is 0 Å². The van der Waals surface area contributed by atoms with E-state index in [2.05, 4.69) is 5.32 Å². The fourth-order valence-corrected chi connectivity index (χ4v) is 2.19. The van der Waals surface area contributed by atoms with Crippen LogP contribution in [0.1, 0.15) is 26.7 Å². The SMILES string of the molecule is CC(F)CCNC(=O)N1CC(C)CC(C(=O)O)C1. The van der Waals surface area contributed by atoms with Crippen molar-refractivity contribution in [2.24, 2.45) is 11.8 Å². The number of urea groups is 1. The van der Waals surface area contributed by atoms with Gasteiger partial charge in [-0.25, -0.2) is 9.18 Å². The zero-order chi connectivity index (χ0) is 13.7. The highest BCUT2D eigenvalue weighted by Gasteiger charge is 2.31. The summed E-state index contributed by atoms with van der Waals surface area (Å²) in [7, 11) is 0. The quantitative estimate of drug-likeness (QED) is 0.804. The molecule has 3 unspecified atom stereocenters. The Morgan fingerprint density at radius 1 is 1.50 bits per heavy atom. The standard InChI is InChI=1S/C12H21FN2O3/c1-8-5-10(11(16)17)7-15(6-8)12(18)14-4-3-9(2)13/h8-10H,3-7H2,1-2H3,(H,14,18)(H,16,17). The van der Waals surface area contributed by atoms with Crippen LogP contribution in [0.25, 0.3) is 0 Å². The third kappa shape index (κ3) is 4.50. The molecule has 3 atom stereocenters. The van der Waals surface area contributed by atoms with Gasteiger partial charge >= 0.3 is 12.0 Å². The highest BCUT2D eigenvalue weighted by Crippen LogP contribution is 2.21. The minimum absolute atomic E-state index is 0.172. The van der Waals surface area contributed by atoms with E-state index in [-0.39, 0.29) is 31.5 Å². The normalized spacial score (nSPS) is 25.6. The second-order valence-electron chi connectivity index (χ2n) is 5.08. The number of carbonyl (C=O) groups is 2. The van der Waals surface area contributed by atoms with Crippen LogP contribution >= 0.6 is 0 Å². The van der Waals surface area contributed by atoms with Crippen LogP contribution in [0.4, 0.5) is 9.18 Å². The summed E-state index contributed by atoms with van der Waals surface area (Å²) in [6.45, 7) is 4.44. The summed E-state index contributed by atoms with van der Waals surface area (Å²) >= 11 is 0. The van der Waals surface area contributed by atoms with Crippen LogP contribution in [0.3, 0.4) is 0 Å². The minimum Gasteiger partial charge on any atom is -0.481 e. The number of piperidine rings is 1. The van der Waals surface area contributed by atoms with Gasteiger partial charge in [-0.1, -0.05) is 6.92 Å². The number of nitrogens with one attached hydrogen (secondary N) is 1. The fraction of sp³-hybridized carbons (Fsp3) is 0.833. The number of amides is 2. The Balaban J connectivity index is 2.44. The van der Waals surface area contributed by atoms with Crippen molar-refractivity contribution in [3.05, 3.63) is 0 Å². The average molecular weight is 260 g/mol. The van der Waals surface area contributed by atoms with Crippen molar-refractivity contribution in [1.82, 2.24) is 10.2 Å². The van der Waals surface area contributed by atoms with Crippen molar-refractivity contribution in [3.63, 3.8) is 0 Å². The molecule has 0 radical (unpaired) electrons. The fourth-order valence-electron chi connectivity index (χ4n) is 2.19. The predicted molar refractivity (Wildman–Crippen MR) is 65.1 cm³/mol. The highest BCUT2D eigenvalue weighted by atomic mass is 19.1. The number of nitrogens with zero attached hydrogens (tertiary/aromatic N) is 1. The molecule has 0 aliphatic carbocycles. The maximum Gasteiger partial charge on any atom is 0.317 e. The van der Waals surface area contributed by atoms with E-state index < -0.39 is 18.1 Å². The molecular weight excluding hydrogens is 239 g/mol. The van der Waals surface area contributed by atoms with E-state index in [1.54, 1.807) is 0 Å². The molecule has 0 aromatic carbocycles. The number of carboxylic acids is 1. The van der Waals surface area contributed by atoms with Gasteiger partial charge in [-0.3, -0.25) is 4.79 Å². The Bertz CT molecular complexity index is 310. The van der Waals surface area contributed by atoms with Crippen LogP contribution in [-0.4, -0.2) is 47.8 Å². The molecule has 1 heterocycles. The monoisotopic (exact) mass is 260 g/mol. The minimum atomic E-state index is -0.947. The summed E-state index contributed by atoms with van der Waals surface area (Å²) < 4.78 is 12.6. The molecule has 0 aromatic heterocycles. The lowest BCUT2D eigenvalue weighted by molar-refractivity contribution is -0.143. The molecule has 1 rings (SSSR count). The first kappa shape index (κ1) is 14.7. The summed E-state index contributed by atoms with van der Waals surface area (Å²) in [5.74, 6) is -1.19. The van der Waals surface area contributed by atoms with Crippen LogP contribution in [0.5, 0.6) is 0 Å². The maximum absolute atomic E-state index is 12.6. The van der Waals surface area contributed by atoms with Crippen molar-refractivity contribution < 1.29 is 19.1 Å². The Hall–Kier alpha value is -1.33. The Kier molecular flexibility index (Phi) is 5.37. The summed E-state index contributed by atoms with van der Waals surface area (Å²) in [5, 5.41) is 11.6. The predicted octanol–water partition coefficient (Wildman–Crippen LogP) is 1.49. The van der Waals surface area contributed by atoms with Crippen molar-refractivity contribution >= 4 is 12.0 Å². The zero-order valence-corrected chi connectivity index (χ0v) is 10.9. The molecule has 2 N–H and O–H groups in total. The number of aliphatic carboxylic acids is 1. The average Bonchev–Trinajstić information content (AvgIpc) is 2.27. The molecule has 6 heteroatoms. The van der Waals surface area contributed by atoms with Gasteiger partial charge in [0, 0.05) is 19.6 Å². The van der Waals surface area contributed by atoms with E-state index in [9.17, 15) is 14.0 Å². The Morgan fingerprint density at radius 2 is 2.17 bits per heavy atom. The lowest BCUT2D eigenvalue weighted by Gasteiger charge is -2.34. The number of carboxylic acid groups (broad SMARTS) is 1. The van der Waals surface area contributed by atoms with Gasteiger partial charge in [-0.05, 0) is 25.7 Å². The topological polar surface area (TPSA) is 69.6 Å². The van der Waals surface area contributed by atoms with Gasteiger partial charge in [0.2, 0.25) is 0 Å². The molecule has 18 heavy (non-hydrogen) atoms. The largest absolute Gasteiger partial charge is 0.481 e. The lowest BCUT2D eigenvalue weighted by Crippen LogP contribution is -2.49. The van der Waals surface area contributed by atoms with E-state index >= 15 is 0 Å². The Morgan fingerprint density at radius 3 is 2.72 bits per heavy atom. The van der Waals surface area contributed by atoms with E-state index in [1.807, 2.05) is 6.92 Å². The second kappa shape index (κ2) is 6.56. The molecule has 1 aliphatic heterocycles. The van der Waals surface area contributed by atoms with E-state index in [1.165, 1.54) is 11.8 Å². The van der Waals surface area contributed by atoms with E-state index in [4.69, 9.17) is 5.11 Å². The van der Waals surface area contributed by atoms with Crippen LogP contribution in [0, 0.1) is 11.8 Å². The van der Waals surface area contributed by atoms with Gasteiger partial charge in [0.15, 0.2) is 0 Å². The molecule has 0 saturated carbocycles. The summed E-state index contributed by atoms with van der Waals surface area (Å²) in [6.07, 6.45) is -0.0738. The van der Waals surface area contributed by atoms with Crippen LogP contribution in [0.2, 0.25) is 0 Å². The molecule has 2 amide bonds. The van der Waals surface area contributed by atoms with Crippen molar-refractivity contribution in [1.29, 1.82) is 0 Å². The number of carbonyl (C=O) groups excluding carboxylic acids is 1. The van der Waals surface area contributed by atoms with Gasteiger partial charge in [0.25, 0.3) is 0 Å². The number of hydrogen-bond acceptors (Lipinski definition) is 2. The summed E-state index contributed by atoms with van der Waals surface area (Å²) in [6, 6.07) is -0.298. The lowest BCUT2D eigenvalue weighted by atomic mass is 9.91. The number of likely N-dealkylation sites (tertiary alicyclic amines) is 1.